The molecule has 1 unspecified atom stereocenters. The van der Waals surface area contributed by atoms with Crippen molar-refractivity contribution >= 4 is 33.5 Å². The van der Waals surface area contributed by atoms with Gasteiger partial charge >= 0.3 is 5.97 Å². The van der Waals surface area contributed by atoms with Crippen LogP contribution in [0.3, 0.4) is 0 Å². The molecule has 0 radical (unpaired) electrons. The molecule has 1 fully saturated rings. The molecule has 1 heterocycles. The summed E-state index contributed by atoms with van der Waals surface area (Å²) in [5, 5.41) is 11.8. The number of nitrogens with zero attached hydrogens (tertiary/aromatic N) is 1. The number of carbonyl (C=O) groups excluding carboxylic acids is 1. The van der Waals surface area contributed by atoms with Crippen molar-refractivity contribution in [1.29, 1.82) is 0 Å². The molecule has 1 saturated heterocycles. The second kappa shape index (κ2) is 4.97. The van der Waals surface area contributed by atoms with Crippen LogP contribution in [0, 0.1) is 6.92 Å². The van der Waals surface area contributed by atoms with Crippen LogP contribution in [-0.2, 0) is 9.59 Å². The normalized spacial score (nSPS) is 19.6. The van der Waals surface area contributed by atoms with E-state index in [0.717, 1.165) is 15.7 Å². The fourth-order valence-electron chi connectivity index (χ4n) is 1.96. The van der Waals surface area contributed by atoms with E-state index in [-0.39, 0.29) is 19.0 Å². The van der Waals surface area contributed by atoms with E-state index in [1.165, 1.54) is 0 Å². The Kier molecular flexibility index (Phi) is 3.56. The van der Waals surface area contributed by atoms with Gasteiger partial charge in [0.05, 0.1) is 12.2 Å². The van der Waals surface area contributed by atoms with Gasteiger partial charge in [0.1, 0.15) is 6.04 Å². The lowest BCUT2D eigenvalue weighted by atomic mass is 10.1. The highest BCUT2D eigenvalue weighted by Gasteiger charge is 2.32. The molecule has 0 spiro atoms. The van der Waals surface area contributed by atoms with Gasteiger partial charge in [0.15, 0.2) is 0 Å². The lowest BCUT2D eigenvalue weighted by Crippen LogP contribution is -2.57. The smallest absolute Gasteiger partial charge is 0.328 e. The summed E-state index contributed by atoms with van der Waals surface area (Å²) in [5.41, 5.74) is 1.79. The molecule has 0 aliphatic carbocycles. The van der Waals surface area contributed by atoms with Crippen molar-refractivity contribution in [2.75, 3.05) is 18.0 Å². The maximum Gasteiger partial charge on any atom is 0.328 e. The van der Waals surface area contributed by atoms with Crippen LogP contribution in [-0.4, -0.2) is 36.1 Å². The van der Waals surface area contributed by atoms with Crippen LogP contribution in [0.2, 0.25) is 0 Å². The molecule has 18 heavy (non-hydrogen) atoms. The van der Waals surface area contributed by atoms with Crippen molar-refractivity contribution in [1.82, 2.24) is 5.32 Å². The lowest BCUT2D eigenvalue weighted by Gasteiger charge is -2.35. The number of benzene rings is 1. The first-order chi connectivity index (χ1) is 8.49. The zero-order chi connectivity index (χ0) is 13.3. The number of halogens is 1. The number of amides is 1. The fraction of sp³-hybridized carbons (Fsp3) is 0.333. The number of piperazine rings is 1. The van der Waals surface area contributed by atoms with Gasteiger partial charge in [-0.25, -0.2) is 4.79 Å². The van der Waals surface area contributed by atoms with Gasteiger partial charge in [0.25, 0.3) is 0 Å². The standard InChI is InChI=1S/C12H13BrN2O3/c1-7-2-3-9(8(13)4-7)15-6-11(16)14-5-10(15)12(17)18/h2-4,10H,5-6H2,1H3,(H,14,16)(H,17,18). The minimum absolute atomic E-state index is 0.0542. The van der Waals surface area contributed by atoms with Crippen LogP contribution < -0.4 is 10.2 Å². The molecular formula is C12H13BrN2O3. The maximum absolute atomic E-state index is 11.4. The average molecular weight is 313 g/mol. The lowest BCUT2D eigenvalue weighted by molar-refractivity contribution is -0.139. The number of nitrogens with one attached hydrogen (secondary N) is 1. The molecular weight excluding hydrogens is 300 g/mol. The van der Waals surface area contributed by atoms with E-state index in [2.05, 4.69) is 21.2 Å². The van der Waals surface area contributed by atoms with E-state index in [1.54, 1.807) is 4.90 Å². The second-order valence-electron chi connectivity index (χ2n) is 4.24. The van der Waals surface area contributed by atoms with E-state index < -0.39 is 12.0 Å². The number of carboxylic acid groups (broad SMARTS) is 1. The zero-order valence-electron chi connectivity index (χ0n) is 9.81. The van der Waals surface area contributed by atoms with Gasteiger partial charge in [-0.1, -0.05) is 6.07 Å². The summed E-state index contributed by atoms with van der Waals surface area (Å²) in [4.78, 5) is 24.2. The number of aryl methyl sites for hydroxylation is 1. The third-order valence-electron chi connectivity index (χ3n) is 2.88. The van der Waals surface area contributed by atoms with Crippen LogP contribution in [0.1, 0.15) is 5.56 Å². The third-order valence-corrected chi connectivity index (χ3v) is 3.52. The molecule has 96 valence electrons. The molecule has 1 amide bonds. The number of carbonyl (C=O) groups is 2. The van der Waals surface area contributed by atoms with Gasteiger partial charge < -0.3 is 15.3 Å². The van der Waals surface area contributed by atoms with Gasteiger partial charge in [-0.3, -0.25) is 4.79 Å². The monoisotopic (exact) mass is 312 g/mol. The second-order valence-corrected chi connectivity index (χ2v) is 5.10. The summed E-state index contributed by atoms with van der Waals surface area (Å²) in [7, 11) is 0. The van der Waals surface area contributed by atoms with Gasteiger partial charge in [-0.05, 0) is 40.5 Å². The molecule has 6 heteroatoms. The number of aliphatic carboxylic acids is 1. The molecule has 1 aromatic carbocycles. The summed E-state index contributed by atoms with van der Waals surface area (Å²) in [5.74, 6) is -1.11. The summed E-state index contributed by atoms with van der Waals surface area (Å²) in [6, 6.07) is 4.89. The average Bonchev–Trinajstić information content (AvgIpc) is 2.28. The number of anilines is 1. The highest BCUT2D eigenvalue weighted by Crippen LogP contribution is 2.29. The van der Waals surface area contributed by atoms with Crippen molar-refractivity contribution in [3.05, 3.63) is 28.2 Å². The summed E-state index contributed by atoms with van der Waals surface area (Å²) < 4.78 is 0.795. The van der Waals surface area contributed by atoms with Crippen molar-refractivity contribution in [2.45, 2.75) is 13.0 Å². The Labute approximate surface area is 113 Å². The molecule has 1 aliphatic heterocycles. The summed E-state index contributed by atoms with van der Waals surface area (Å²) >= 11 is 3.41. The minimum atomic E-state index is -0.942. The van der Waals surface area contributed by atoms with Gasteiger partial charge in [0, 0.05) is 11.0 Å². The van der Waals surface area contributed by atoms with Gasteiger partial charge in [-0.15, -0.1) is 0 Å². The first kappa shape index (κ1) is 12.9. The van der Waals surface area contributed by atoms with Crippen molar-refractivity contribution in [3.8, 4) is 0 Å². The molecule has 1 atom stereocenters. The minimum Gasteiger partial charge on any atom is -0.480 e. The highest BCUT2D eigenvalue weighted by molar-refractivity contribution is 9.10. The van der Waals surface area contributed by atoms with E-state index in [9.17, 15) is 14.7 Å². The Bertz CT molecular complexity index is 504. The van der Waals surface area contributed by atoms with Crippen LogP contribution in [0.4, 0.5) is 5.69 Å². The quantitative estimate of drug-likeness (QED) is 0.859. The molecule has 2 N–H and O–H groups in total. The van der Waals surface area contributed by atoms with Gasteiger partial charge in [0.2, 0.25) is 5.91 Å². The number of hydrogen-bond donors (Lipinski definition) is 2. The van der Waals surface area contributed by atoms with Crippen molar-refractivity contribution in [2.24, 2.45) is 0 Å². The predicted octanol–water partition coefficient (Wildman–Crippen LogP) is 1.15. The topological polar surface area (TPSA) is 69.6 Å². The molecule has 1 aromatic rings. The Hall–Kier alpha value is -1.56. The summed E-state index contributed by atoms with van der Waals surface area (Å²) in [6.45, 7) is 2.12. The molecule has 1 aliphatic rings. The molecule has 0 saturated carbocycles. The maximum atomic E-state index is 11.4. The SMILES string of the molecule is Cc1ccc(N2CC(=O)NCC2C(=O)O)c(Br)c1. The summed E-state index contributed by atoms with van der Waals surface area (Å²) in [6.07, 6.45) is 0. The van der Waals surface area contributed by atoms with Crippen LogP contribution >= 0.6 is 15.9 Å². The van der Waals surface area contributed by atoms with E-state index >= 15 is 0 Å². The van der Waals surface area contributed by atoms with E-state index in [4.69, 9.17) is 0 Å². The number of rotatable bonds is 2. The molecule has 2 rings (SSSR count). The van der Waals surface area contributed by atoms with Crippen molar-refractivity contribution in [3.63, 3.8) is 0 Å². The van der Waals surface area contributed by atoms with E-state index in [1.807, 2.05) is 25.1 Å². The predicted molar refractivity (Wildman–Crippen MR) is 70.7 cm³/mol. The van der Waals surface area contributed by atoms with E-state index in [0.29, 0.717) is 0 Å². The number of carboxylic acids is 1. The number of hydrogen-bond acceptors (Lipinski definition) is 3. The Morgan fingerprint density at radius 1 is 1.56 bits per heavy atom. The first-order valence-electron chi connectivity index (χ1n) is 5.51. The van der Waals surface area contributed by atoms with Crippen LogP contribution in [0.15, 0.2) is 22.7 Å². The Balaban J connectivity index is 2.38. The van der Waals surface area contributed by atoms with Crippen LogP contribution in [0.25, 0.3) is 0 Å². The molecule has 0 bridgehead atoms. The first-order valence-corrected chi connectivity index (χ1v) is 6.30. The largest absolute Gasteiger partial charge is 0.480 e. The highest BCUT2D eigenvalue weighted by atomic mass is 79.9. The Morgan fingerprint density at radius 3 is 2.89 bits per heavy atom. The van der Waals surface area contributed by atoms with Gasteiger partial charge in [-0.2, -0.15) is 0 Å². The molecule has 5 nitrogen and oxygen atoms in total. The Morgan fingerprint density at radius 2 is 2.28 bits per heavy atom. The molecule has 0 aromatic heterocycles. The third kappa shape index (κ3) is 2.48. The fourth-order valence-corrected chi connectivity index (χ4v) is 2.68. The van der Waals surface area contributed by atoms with Crippen molar-refractivity contribution < 1.29 is 14.7 Å². The zero-order valence-corrected chi connectivity index (χ0v) is 11.4. The van der Waals surface area contributed by atoms with Crippen LogP contribution in [0.5, 0.6) is 0 Å².